The number of hydrogen-bond donors (Lipinski definition) is 1. The van der Waals surface area contributed by atoms with Crippen LogP contribution in [0, 0.1) is 0 Å². The standard InChI is InChI=1S/C15H9BrO3/c16-12-6-2-5-11-14(18)13(19-15(11)12)8-9-3-1-4-10(17)7-9/h1-8,17H/b13-8-. The molecule has 0 spiro atoms. The predicted octanol–water partition coefficient (Wildman–Crippen LogP) is 3.77. The molecule has 1 aliphatic rings. The van der Waals surface area contributed by atoms with Crippen molar-refractivity contribution in [3.63, 3.8) is 0 Å². The number of fused-ring (bicyclic) bond motifs is 1. The predicted molar refractivity (Wildman–Crippen MR) is 75.2 cm³/mol. The van der Waals surface area contributed by atoms with Crippen LogP contribution < -0.4 is 4.74 Å². The summed E-state index contributed by atoms with van der Waals surface area (Å²) >= 11 is 3.35. The van der Waals surface area contributed by atoms with E-state index in [-0.39, 0.29) is 17.3 Å². The monoisotopic (exact) mass is 316 g/mol. The normalized spacial score (nSPS) is 15.4. The Hall–Kier alpha value is -2.07. The summed E-state index contributed by atoms with van der Waals surface area (Å²) < 4.78 is 6.32. The van der Waals surface area contributed by atoms with E-state index in [2.05, 4.69) is 15.9 Å². The first kappa shape index (κ1) is 12.0. The molecule has 3 rings (SSSR count). The number of carbonyl (C=O) groups is 1. The third-order valence-electron chi connectivity index (χ3n) is 2.82. The average Bonchev–Trinajstić information content (AvgIpc) is 2.69. The SMILES string of the molecule is O=C1/C(=C/c2cccc(O)c2)Oc2c(Br)cccc21. The van der Waals surface area contributed by atoms with E-state index in [1.54, 1.807) is 42.5 Å². The Morgan fingerprint density at radius 2 is 1.95 bits per heavy atom. The number of rotatable bonds is 1. The van der Waals surface area contributed by atoms with Crippen LogP contribution in [0.5, 0.6) is 11.5 Å². The Kier molecular flexibility index (Phi) is 2.87. The topological polar surface area (TPSA) is 46.5 Å². The fourth-order valence-electron chi connectivity index (χ4n) is 1.94. The van der Waals surface area contributed by atoms with Gasteiger partial charge in [-0.25, -0.2) is 0 Å². The molecule has 0 bridgehead atoms. The van der Waals surface area contributed by atoms with Crippen molar-refractivity contribution in [1.82, 2.24) is 0 Å². The third-order valence-corrected chi connectivity index (χ3v) is 3.44. The molecule has 0 radical (unpaired) electrons. The van der Waals surface area contributed by atoms with E-state index in [1.165, 1.54) is 0 Å². The molecule has 19 heavy (non-hydrogen) atoms. The molecule has 94 valence electrons. The van der Waals surface area contributed by atoms with Gasteiger partial charge < -0.3 is 9.84 Å². The van der Waals surface area contributed by atoms with E-state index in [0.29, 0.717) is 16.9 Å². The zero-order valence-corrected chi connectivity index (χ0v) is 11.3. The minimum absolute atomic E-state index is 0.151. The Labute approximate surface area is 118 Å². The number of ketones is 1. The van der Waals surface area contributed by atoms with E-state index < -0.39 is 0 Å². The second kappa shape index (κ2) is 4.55. The lowest BCUT2D eigenvalue weighted by molar-refractivity contribution is 0.101. The highest BCUT2D eigenvalue weighted by Crippen LogP contribution is 2.37. The summed E-state index contributed by atoms with van der Waals surface area (Å²) in [6, 6.07) is 12.0. The summed E-state index contributed by atoms with van der Waals surface area (Å²) in [6.45, 7) is 0. The van der Waals surface area contributed by atoms with E-state index in [4.69, 9.17) is 4.74 Å². The summed E-state index contributed by atoms with van der Waals surface area (Å²) in [5.74, 6) is 0.796. The van der Waals surface area contributed by atoms with Crippen LogP contribution in [0.2, 0.25) is 0 Å². The molecule has 0 amide bonds. The van der Waals surface area contributed by atoms with E-state index in [0.717, 1.165) is 4.47 Å². The van der Waals surface area contributed by atoms with Gasteiger partial charge in [-0.05, 0) is 51.8 Å². The number of para-hydroxylation sites is 1. The lowest BCUT2D eigenvalue weighted by Gasteiger charge is -2.00. The summed E-state index contributed by atoms with van der Waals surface area (Å²) in [7, 11) is 0. The maximum Gasteiger partial charge on any atom is 0.232 e. The first-order valence-electron chi connectivity index (χ1n) is 5.67. The smallest absolute Gasteiger partial charge is 0.232 e. The number of aromatic hydroxyl groups is 1. The summed E-state index contributed by atoms with van der Waals surface area (Å²) in [6.07, 6.45) is 1.62. The number of hydrogen-bond acceptors (Lipinski definition) is 3. The van der Waals surface area contributed by atoms with Gasteiger partial charge in [-0.1, -0.05) is 18.2 Å². The van der Waals surface area contributed by atoms with E-state index in [9.17, 15) is 9.90 Å². The molecule has 0 aromatic heterocycles. The van der Waals surface area contributed by atoms with Crippen molar-refractivity contribution in [2.24, 2.45) is 0 Å². The molecule has 0 fully saturated rings. The third kappa shape index (κ3) is 2.15. The fourth-order valence-corrected chi connectivity index (χ4v) is 2.39. The number of allylic oxidation sites excluding steroid dienone is 1. The van der Waals surface area contributed by atoms with Crippen LogP contribution in [0.15, 0.2) is 52.7 Å². The van der Waals surface area contributed by atoms with Crippen molar-refractivity contribution in [3.05, 3.63) is 63.8 Å². The van der Waals surface area contributed by atoms with Crippen LogP contribution in [0.1, 0.15) is 15.9 Å². The first-order chi connectivity index (χ1) is 9.15. The first-order valence-corrected chi connectivity index (χ1v) is 6.46. The molecule has 2 aromatic rings. The Morgan fingerprint density at radius 3 is 2.68 bits per heavy atom. The van der Waals surface area contributed by atoms with Gasteiger partial charge in [-0.3, -0.25) is 4.79 Å². The van der Waals surface area contributed by atoms with Crippen LogP contribution in [0.3, 0.4) is 0 Å². The highest BCUT2D eigenvalue weighted by molar-refractivity contribution is 9.10. The number of Topliss-reactive ketones (excluding diaryl/α,β-unsaturated/α-hetero) is 1. The largest absolute Gasteiger partial charge is 0.508 e. The molecular weight excluding hydrogens is 308 g/mol. The van der Waals surface area contributed by atoms with Gasteiger partial charge in [0.2, 0.25) is 5.78 Å². The minimum Gasteiger partial charge on any atom is -0.508 e. The van der Waals surface area contributed by atoms with E-state index in [1.807, 2.05) is 6.07 Å². The maximum absolute atomic E-state index is 12.2. The Bertz CT molecular complexity index is 704. The summed E-state index contributed by atoms with van der Waals surface area (Å²) in [5.41, 5.74) is 1.26. The van der Waals surface area contributed by atoms with Crippen LogP contribution in [-0.4, -0.2) is 10.9 Å². The number of halogens is 1. The van der Waals surface area contributed by atoms with Gasteiger partial charge in [-0.2, -0.15) is 0 Å². The molecule has 0 unspecified atom stereocenters. The quantitative estimate of drug-likeness (QED) is 0.815. The van der Waals surface area contributed by atoms with Gasteiger partial charge in [0.15, 0.2) is 11.5 Å². The molecule has 0 saturated heterocycles. The Balaban J connectivity index is 2.02. The lowest BCUT2D eigenvalue weighted by atomic mass is 10.1. The summed E-state index contributed by atoms with van der Waals surface area (Å²) in [4.78, 5) is 12.2. The minimum atomic E-state index is -0.153. The van der Waals surface area contributed by atoms with E-state index >= 15 is 0 Å². The van der Waals surface area contributed by atoms with Crippen molar-refractivity contribution < 1.29 is 14.6 Å². The number of phenols is 1. The highest BCUT2D eigenvalue weighted by Gasteiger charge is 2.28. The number of benzene rings is 2. The molecule has 2 aromatic carbocycles. The van der Waals surface area contributed by atoms with Crippen molar-refractivity contribution in [2.75, 3.05) is 0 Å². The number of carbonyl (C=O) groups excluding carboxylic acids is 1. The van der Waals surface area contributed by atoms with Gasteiger partial charge in [0, 0.05) is 0 Å². The van der Waals surface area contributed by atoms with Crippen LogP contribution in [0.4, 0.5) is 0 Å². The van der Waals surface area contributed by atoms with Gasteiger partial charge in [0.25, 0.3) is 0 Å². The second-order valence-corrected chi connectivity index (χ2v) is 5.01. The number of phenolic OH excluding ortho intramolecular Hbond substituents is 1. The molecular formula is C15H9BrO3. The molecule has 0 atom stereocenters. The van der Waals surface area contributed by atoms with Crippen molar-refractivity contribution in [2.45, 2.75) is 0 Å². The zero-order chi connectivity index (χ0) is 13.4. The average molecular weight is 317 g/mol. The molecule has 1 N–H and O–H groups in total. The molecule has 1 heterocycles. The van der Waals surface area contributed by atoms with Gasteiger partial charge in [-0.15, -0.1) is 0 Å². The molecule has 3 nitrogen and oxygen atoms in total. The highest BCUT2D eigenvalue weighted by atomic mass is 79.9. The van der Waals surface area contributed by atoms with Gasteiger partial charge in [0.05, 0.1) is 10.0 Å². The molecule has 4 heteroatoms. The number of ether oxygens (including phenoxy) is 1. The molecule has 1 aliphatic heterocycles. The fraction of sp³-hybridized carbons (Fsp3) is 0. The molecule has 0 aliphatic carbocycles. The van der Waals surface area contributed by atoms with Crippen LogP contribution in [0.25, 0.3) is 6.08 Å². The summed E-state index contributed by atoms with van der Waals surface area (Å²) in [5, 5.41) is 9.41. The van der Waals surface area contributed by atoms with Crippen molar-refractivity contribution >= 4 is 27.8 Å². The zero-order valence-electron chi connectivity index (χ0n) is 9.76. The van der Waals surface area contributed by atoms with Crippen molar-refractivity contribution in [3.8, 4) is 11.5 Å². The molecule has 0 saturated carbocycles. The van der Waals surface area contributed by atoms with Crippen LogP contribution in [-0.2, 0) is 0 Å². The van der Waals surface area contributed by atoms with Crippen LogP contribution >= 0.6 is 15.9 Å². The Morgan fingerprint density at radius 1 is 1.16 bits per heavy atom. The second-order valence-electron chi connectivity index (χ2n) is 4.15. The van der Waals surface area contributed by atoms with Gasteiger partial charge in [0.1, 0.15) is 5.75 Å². The van der Waals surface area contributed by atoms with Crippen molar-refractivity contribution in [1.29, 1.82) is 0 Å². The van der Waals surface area contributed by atoms with Gasteiger partial charge >= 0.3 is 0 Å². The maximum atomic E-state index is 12.2. The lowest BCUT2D eigenvalue weighted by Crippen LogP contribution is -1.97.